The average Bonchev–Trinajstić information content (AvgIpc) is 2.54. The van der Waals surface area contributed by atoms with Crippen LogP contribution in [0.25, 0.3) is 0 Å². The molecule has 0 aromatic heterocycles. The van der Waals surface area contributed by atoms with Gasteiger partial charge in [0.2, 0.25) is 17.7 Å². The van der Waals surface area contributed by atoms with E-state index in [1.165, 1.54) is 6.42 Å². The van der Waals surface area contributed by atoms with E-state index >= 15 is 0 Å². The zero-order chi connectivity index (χ0) is 17.1. The van der Waals surface area contributed by atoms with Crippen molar-refractivity contribution in [2.45, 2.75) is 57.9 Å². The van der Waals surface area contributed by atoms with E-state index < -0.39 is 0 Å². The fourth-order valence-corrected chi connectivity index (χ4v) is 3.93. The van der Waals surface area contributed by atoms with Gasteiger partial charge in [-0.15, -0.1) is 0 Å². The average molecular weight is 335 g/mol. The number of amides is 3. The third kappa shape index (κ3) is 3.90. The van der Waals surface area contributed by atoms with Gasteiger partial charge in [0, 0.05) is 51.0 Å². The van der Waals surface area contributed by atoms with Crippen LogP contribution < -0.4 is 5.32 Å². The Labute approximate surface area is 143 Å². The SMILES string of the molecule is CC(=O)N1CCC(C(=O)NC2CCN(C(=O)C3CCC3)CC2)CC1. The van der Waals surface area contributed by atoms with Crippen LogP contribution in [-0.4, -0.2) is 59.7 Å². The molecule has 0 atom stereocenters. The maximum atomic E-state index is 12.4. The van der Waals surface area contributed by atoms with Crippen molar-refractivity contribution in [2.24, 2.45) is 11.8 Å². The predicted octanol–water partition coefficient (Wildman–Crippen LogP) is 1.15. The highest BCUT2D eigenvalue weighted by molar-refractivity contribution is 5.81. The van der Waals surface area contributed by atoms with Crippen LogP contribution in [0.1, 0.15) is 51.9 Å². The molecule has 0 spiro atoms. The standard InChI is InChI=1S/C18H29N3O3/c1-13(22)20-9-5-14(6-10-20)17(23)19-16-7-11-21(12-8-16)18(24)15-3-2-4-15/h14-16H,2-12H2,1H3,(H,19,23). The van der Waals surface area contributed by atoms with Gasteiger partial charge in [0.25, 0.3) is 0 Å². The summed E-state index contributed by atoms with van der Waals surface area (Å²) in [5.74, 6) is 0.833. The lowest BCUT2D eigenvalue weighted by Gasteiger charge is -2.37. The van der Waals surface area contributed by atoms with Crippen LogP contribution in [0.2, 0.25) is 0 Å². The van der Waals surface area contributed by atoms with Crippen LogP contribution in [0.5, 0.6) is 0 Å². The van der Waals surface area contributed by atoms with Crippen LogP contribution in [0.15, 0.2) is 0 Å². The van der Waals surface area contributed by atoms with E-state index in [0.717, 1.165) is 51.6 Å². The summed E-state index contributed by atoms with van der Waals surface area (Å²) in [7, 11) is 0. The van der Waals surface area contributed by atoms with Gasteiger partial charge < -0.3 is 15.1 Å². The molecule has 3 rings (SSSR count). The maximum Gasteiger partial charge on any atom is 0.225 e. The molecule has 1 N–H and O–H groups in total. The Morgan fingerprint density at radius 1 is 0.792 bits per heavy atom. The summed E-state index contributed by atoms with van der Waals surface area (Å²) < 4.78 is 0. The quantitative estimate of drug-likeness (QED) is 0.841. The number of piperidine rings is 2. The summed E-state index contributed by atoms with van der Waals surface area (Å²) >= 11 is 0. The second-order valence-electron chi connectivity index (χ2n) is 7.52. The number of carbonyl (C=O) groups excluding carboxylic acids is 3. The lowest BCUT2D eigenvalue weighted by atomic mass is 9.84. The molecular weight excluding hydrogens is 306 g/mol. The Morgan fingerprint density at radius 3 is 1.88 bits per heavy atom. The molecule has 24 heavy (non-hydrogen) atoms. The summed E-state index contributed by atoms with van der Waals surface area (Å²) in [6.07, 6.45) is 6.51. The van der Waals surface area contributed by atoms with Gasteiger partial charge in [-0.25, -0.2) is 0 Å². The molecule has 0 bridgehead atoms. The molecule has 3 fully saturated rings. The van der Waals surface area contributed by atoms with Crippen LogP contribution in [-0.2, 0) is 14.4 Å². The van der Waals surface area contributed by atoms with E-state index in [0.29, 0.717) is 19.0 Å². The molecule has 1 aliphatic carbocycles. The van der Waals surface area contributed by atoms with Gasteiger partial charge in [-0.2, -0.15) is 0 Å². The van der Waals surface area contributed by atoms with Gasteiger partial charge >= 0.3 is 0 Å². The minimum Gasteiger partial charge on any atom is -0.353 e. The third-order valence-electron chi connectivity index (χ3n) is 5.92. The first-order valence-corrected chi connectivity index (χ1v) is 9.39. The van der Waals surface area contributed by atoms with Crippen molar-refractivity contribution in [3.05, 3.63) is 0 Å². The highest BCUT2D eigenvalue weighted by Crippen LogP contribution is 2.29. The van der Waals surface area contributed by atoms with Crippen LogP contribution in [0, 0.1) is 11.8 Å². The minimum atomic E-state index is 0.0234. The lowest BCUT2D eigenvalue weighted by Crippen LogP contribution is -2.50. The molecule has 3 amide bonds. The second-order valence-corrected chi connectivity index (χ2v) is 7.52. The molecule has 134 valence electrons. The number of likely N-dealkylation sites (tertiary alicyclic amines) is 2. The summed E-state index contributed by atoms with van der Waals surface area (Å²) in [4.78, 5) is 39.8. The fourth-order valence-electron chi connectivity index (χ4n) is 3.93. The summed E-state index contributed by atoms with van der Waals surface area (Å²) in [6.45, 7) is 4.48. The van der Waals surface area contributed by atoms with Crippen molar-refractivity contribution >= 4 is 17.7 Å². The summed E-state index contributed by atoms with van der Waals surface area (Å²) in [6, 6.07) is 0.189. The number of nitrogens with one attached hydrogen (secondary N) is 1. The molecule has 0 aromatic carbocycles. The van der Waals surface area contributed by atoms with E-state index in [-0.39, 0.29) is 29.7 Å². The number of rotatable bonds is 3. The lowest BCUT2D eigenvalue weighted by molar-refractivity contribution is -0.139. The summed E-state index contributed by atoms with van der Waals surface area (Å²) in [5, 5.41) is 3.17. The highest BCUT2D eigenvalue weighted by atomic mass is 16.2. The summed E-state index contributed by atoms with van der Waals surface area (Å²) in [5.41, 5.74) is 0. The molecule has 0 radical (unpaired) electrons. The van der Waals surface area contributed by atoms with Crippen LogP contribution >= 0.6 is 0 Å². The first kappa shape index (κ1) is 17.2. The molecule has 3 aliphatic rings. The van der Waals surface area contributed by atoms with Gasteiger partial charge in [-0.3, -0.25) is 14.4 Å². The fraction of sp³-hybridized carbons (Fsp3) is 0.833. The van der Waals surface area contributed by atoms with Crippen molar-refractivity contribution in [3.8, 4) is 0 Å². The third-order valence-corrected chi connectivity index (χ3v) is 5.92. The Balaban J connectivity index is 1.39. The smallest absolute Gasteiger partial charge is 0.225 e. The zero-order valence-corrected chi connectivity index (χ0v) is 14.6. The number of nitrogens with zero attached hydrogens (tertiary/aromatic N) is 2. The van der Waals surface area contributed by atoms with Crippen molar-refractivity contribution in [1.29, 1.82) is 0 Å². The van der Waals surface area contributed by atoms with Crippen LogP contribution in [0.4, 0.5) is 0 Å². The van der Waals surface area contributed by atoms with Gasteiger partial charge in [-0.1, -0.05) is 6.42 Å². The first-order valence-electron chi connectivity index (χ1n) is 9.39. The predicted molar refractivity (Wildman–Crippen MR) is 90.1 cm³/mol. The molecule has 1 saturated carbocycles. The topological polar surface area (TPSA) is 69.7 Å². The van der Waals surface area contributed by atoms with E-state index in [1.807, 2.05) is 9.80 Å². The van der Waals surface area contributed by atoms with Gasteiger partial charge in [0.1, 0.15) is 0 Å². The Kier molecular flexibility index (Phi) is 5.41. The maximum absolute atomic E-state index is 12.4. The van der Waals surface area contributed by atoms with Crippen molar-refractivity contribution < 1.29 is 14.4 Å². The molecule has 6 nitrogen and oxygen atoms in total. The Bertz CT molecular complexity index is 488. The van der Waals surface area contributed by atoms with Crippen molar-refractivity contribution in [1.82, 2.24) is 15.1 Å². The minimum absolute atomic E-state index is 0.0234. The largest absolute Gasteiger partial charge is 0.353 e. The number of hydrogen-bond donors (Lipinski definition) is 1. The molecule has 0 aromatic rings. The van der Waals surface area contributed by atoms with Gasteiger partial charge in [0.05, 0.1) is 0 Å². The van der Waals surface area contributed by atoms with Gasteiger partial charge in [-0.05, 0) is 38.5 Å². The van der Waals surface area contributed by atoms with E-state index in [9.17, 15) is 14.4 Å². The zero-order valence-electron chi connectivity index (χ0n) is 14.6. The Morgan fingerprint density at radius 2 is 1.38 bits per heavy atom. The normalized spacial score (nSPS) is 23.7. The molecule has 2 heterocycles. The number of carbonyl (C=O) groups is 3. The monoisotopic (exact) mass is 335 g/mol. The molecule has 6 heteroatoms. The second kappa shape index (κ2) is 7.53. The molecule has 0 unspecified atom stereocenters. The van der Waals surface area contributed by atoms with E-state index in [2.05, 4.69) is 5.32 Å². The highest BCUT2D eigenvalue weighted by Gasteiger charge is 2.33. The molecule has 2 aliphatic heterocycles. The molecular formula is C18H29N3O3. The number of hydrogen-bond acceptors (Lipinski definition) is 3. The van der Waals surface area contributed by atoms with Crippen molar-refractivity contribution in [3.63, 3.8) is 0 Å². The molecule has 2 saturated heterocycles. The Hall–Kier alpha value is -1.59. The van der Waals surface area contributed by atoms with E-state index in [1.54, 1.807) is 6.92 Å². The van der Waals surface area contributed by atoms with Crippen molar-refractivity contribution in [2.75, 3.05) is 26.2 Å². The van der Waals surface area contributed by atoms with Crippen LogP contribution in [0.3, 0.4) is 0 Å². The first-order chi connectivity index (χ1) is 11.5. The van der Waals surface area contributed by atoms with E-state index in [4.69, 9.17) is 0 Å². The van der Waals surface area contributed by atoms with Gasteiger partial charge in [0.15, 0.2) is 0 Å².